The third-order valence-corrected chi connectivity index (χ3v) is 5.95. The summed E-state index contributed by atoms with van der Waals surface area (Å²) < 4.78 is 4.05. The lowest BCUT2D eigenvalue weighted by atomic mass is 10.0. The summed E-state index contributed by atoms with van der Waals surface area (Å²) in [6.45, 7) is 4.17. The lowest BCUT2D eigenvalue weighted by molar-refractivity contribution is 0.572. The van der Waals surface area contributed by atoms with E-state index < -0.39 is 0 Å². The first kappa shape index (κ1) is 18.6. The molecule has 32 heavy (non-hydrogen) atoms. The Kier molecular flexibility index (Phi) is 4.21. The molecule has 1 aliphatic rings. The van der Waals surface area contributed by atoms with Gasteiger partial charge in [0.05, 0.1) is 22.8 Å². The van der Waals surface area contributed by atoms with Crippen LogP contribution >= 0.6 is 0 Å². The van der Waals surface area contributed by atoms with Gasteiger partial charge in [-0.1, -0.05) is 60.2 Å². The highest BCUT2D eigenvalue weighted by Gasteiger charge is 2.30. The molecule has 5 nitrogen and oxygen atoms in total. The van der Waals surface area contributed by atoms with Gasteiger partial charge in [-0.3, -0.25) is 0 Å². The van der Waals surface area contributed by atoms with Crippen LogP contribution in [-0.2, 0) is 0 Å². The van der Waals surface area contributed by atoms with Crippen molar-refractivity contribution in [3.05, 3.63) is 108 Å². The highest BCUT2D eigenvalue weighted by molar-refractivity contribution is 5.80. The quantitative estimate of drug-likeness (QED) is 0.392. The number of fused-ring (bicyclic) bond motifs is 3. The maximum atomic E-state index is 5.01. The van der Waals surface area contributed by atoms with E-state index in [1.807, 2.05) is 35.9 Å². The summed E-state index contributed by atoms with van der Waals surface area (Å²) in [5.41, 5.74) is 9.78. The van der Waals surface area contributed by atoms with Crippen LogP contribution in [0, 0.1) is 13.8 Å². The number of hydrogen-bond acceptors (Lipinski definition) is 3. The summed E-state index contributed by atoms with van der Waals surface area (Å²) in [4.78, 5) is 0. The van der Waals surface area contributed by atoms with Crippen LogP contribution in [0.1, 0.15) is 23.0 Å². The van der Waals surface area contributed by atoms with E-state index in [1.165, 1.54) is 11.1 Å². The van der Waals surface area contributed by atoms with Crippen LogP contribution in [-0.4, -0.2) is 19.6 Å². The molecule has 156 valence electrons. The van der Waals surface area contributed by atoms with Crippen LogP contribution in [0.4, 0.5) is 5.69 Å². The molecule has 0 fully saturated rings. The van der Waals surface area contributed by atoms with Gasteiger partial charge in [-0.15, -0.1) is 0 Å². The van der Waals surface area contributed by atoms with Crippen LogP contribution in [0.5, 0.6) is 0 Å². The minimum absolute atomic E-state index is 0.165. The topological polar surface area (TPSA) is 47.7 Å². The molecule has 1 atom stereocenters. The summed E-state index contributed by atoms with van der Waals surface area (Å²) in [6, 6.07) is 29.3. The van der Waals surface area contributed by atoms with Crippen LogP contribution < -0.4 is 5.32 Å². The number of benzene rings is 3. The Morgan fingerprint density at radius 3 is 2.34 bits per heavy atom. The van der Waals surface area contributed by atoms with Gasteiger partial charge in [-0.25, -0.2) is 9.36 Å². The molecule has 0 unspecified atom stereocenters. The highest BCUT2D eigenvalue weighted by Crippen LogP contribution is 2.41. The van der Waals surface area contributed by atoms with Crippen LogP contribution in [0.15, 0.2) is 91.1 Å². The van der Waals surface area contributed by atoms with E-state index in [1.54, 1.807) is 0 Å². The first-order valence-corrected chi connectivity index (χ1v) is 10.8. The second-order valence-electron chi connectivity index (χ2n) is 8.29. The first-order valence-electron chi connectivity index (χ1n) is 10.8. The van der Waals surface area contributed by atoms with E-state index in [2.05, 4.69) is 83.8 Å². The van der Waals surface area contributed by atoms with Crippen molar-refractivity contribution >= 4 is 5.69 Å². The minimum Gasteiger partial charge on any atom is -0.359 e. The fourth-order valence-corrected chi connectivity index (χ4v) is 4.45. The Labute approximate surface area is 187 Å². The Balaban J connectivity index is 1.56. The SMILES string of the molecule is Cc1ccc2c(c1)-c1cc(C)nn1[C@@H](c1cn(-c3ccccc3)nc1-c1ccccc1)N2. The van der Waals surface area contributed by atoms with Gasteiger partial charge in [-0.05, 0) is 44.2 Å². The first-order chi connectivity index (χ1) is 15.7. The van der Waals surface area contributed by atoms with Crippen molar-refractivity contribution in [1.82, 2.24) is 19.6 Å². The summed E-state index contributed by atoms with van der Waals surface area (Å²) in [7, 11) is 0. The number of nitrogens with one attached hydrogen (secondary N) is 1. The maximum Gasteiger partial charge on any atom is 0.151 e. The number of para-hydroxylation sites is 1. The fraction of sp³-hybridized carbons (Fsp3) is 0.111. The van der Waals surface area contributed by atoms with E-state index in [0.29, 0.717) is 0 Å². The molecule has 6 rings (SSSR count). The van der Waals surface area contributed by atoms with Crippen molar-refractivity contribution in [2.24, 2.45) is 0 Å². The number of aryl methyl sites for hydroxylation is 2. The van der Waals surface area contributed by atoms with Gasteiger partial charge in [0.15, 0.2) is 6.17 Å². The number of anilines is 1. The van der Waals surface area contributed by atoms with E-state index in [0.717, 1.165) is 39.6 Å². The van der Waals surface area contributed by atoms with Gasteiger partial charge in [0.1, 0.15) is 0 Å². The zero-order valence-corrected chi connectivity index (χ0v) is 18.0. The van der Waals surface area contributed by atoms with Crippen LogP contribution in [0.3, 0.4) is 0 Å². The molecule has 0 saturated carbocycles. The summed E-state index contributed by atoms with van der Waals surface area (Å²) >= 11 is 0. The molecule has 0 bridgehead atoms. The molecular formula is C27H23N5. The second kappa shape index (κ2) is 7.24. The standard InChI is InChI=1S/C27H23N5/c1-18-13-14-24-22(15-18)25-16-19(2)29-32(25)27(28-24)23-17-31(21-11-7-4-8-12-21)30-26(23)20-9-5-3-6-10-20/h3-17,27-28H,1-2H3/t27-/m0/s1. The third-order valence-electron chi connectivity index (χ3n) is 5.95. The zero-order chi connectivity index (χ0) is 21.7. The molecule has 0 saturated heterocycles. The number of nitrogens with zero attached hydrogens (tertiary/aromatic N) is 4. The molecule has 3 aromatic carbocycles. The largest absolute Gasteiger partial charge is 0.359 e. The summed E-state index contributed by atoms with van der Waals surface area (Å²) in [6.07, 6.45) is 1.96. The lowest BCUT2D eigenvalue weighted by Crippen LogP contribution is -2.26. The van der Waals surface area contributed by atoms with Crippen molar-refractivity contribution in [3.63, 3.8) is 0 Å². The molecule has 1 N–H and O–H groups in total. The van der Waals surface area contributed by atoms with E-state index in [4.69, 9.17) is 10.2 Å². The molecule has 3 heterocycles. The van der Waals surface area contributed by atoms with Crippen LogP contribution in [0.2, 0.25) is 0 Å². The van der Waals surface area contributed by atoms with Crippen LogP contribution in [0.25, 0.3) is 28.2 Å². The fourth-order valence-electron chi connectivity index (χ4n) is 4.45. The minimum atomic E-state index is -0.165. The molecule has 0 amide bonds. The van der Waals surface area contributed by atoms with Gasteiger partial charge < -0.3 is 5.32 Å². The molecule has 5 aromatic rings. The van der Waals surface area contributed by atoms with E-state index >= 15 is 0 Å². The van der Waals surface area contributed by atoms with Gasteiger partial charge in [0.25, 0.3) is 0 Å². The lowest BCUT2D eigenvalue weighted by Gasteiger charge is -2.29. The van der Waals surface area contributed by atoms with Crippen molar-refractivity contribution in [1.29, 1.82) is 0 Å². The Morgan fingerprint density at radius 2 is 1.56 bits per heavy atom. The van der Waals surface area contributed by atoms with Gasteiger partial charge in [0, 0.05) is 28.6 Å². The molecular weight excluding hydrogens is 394 g/mol. The predicted octanol–water partition coefficient (Wildman–Crippen LogP) is 5.99. The van der Waals surface area contributed by atoms with E-state index in [9.17, 15) is 0 Å². The number of hydrogen-bond donors (Lipinski definition) is 1. The molecule has 2 aromatic heterocycles. The molecule has 0 radical (unpaired) electrons. The average Bonchev–Trinajstić information content (AvgIpc) is 3.44. The highest BCUT2D eigenvalue weighted by atomic mass is 15.4. The monoisotopic (exact) mass is 417 g/mol. The average molecular weight is 418 g/mol. The normalized spacial score (nSPS) is 14.5. The molecule has 5 heteroatoms. The van der Waals surface area contributed by atoms with E-state index in [-0.39, 0.29) is 6.17 Å². The van der Waals surface area contributed by atoms with Crippen molar-refractivity contribution < 1.29 is 0 Å². The van der Waals surface area contributed by atoms with Gasteiger partial charge in [-0.2, -0.15) is 10.2 Å². The van der Waals surface area contributed by atoms with Crippen molar-refractivity contribution in [2.45, 2.75) is 20.0 Å². The Bertz CT molecular complexity index is 1410. The Morgan fingerprint density at radius 1 is 0.812 bits per heavy atom. The number of rotatable bonds is 3. The smallest absolute Gasteiger partial charge is 0.151 e. The third kappa shape index (κ3) is 3.02. The van der Waals surface area contributed by atoms with Gasteiger partial charge in [0.2, 0.25) is 0 Å². The Hall–Kier alpha value is -4.12. The molecule has 0 spiro atoms. The maximum absolute atomic E-state index is 5.01. The molecule has 0 aliphatic carbocycles. The second-order valence-corrected chi connectivity index (χ2v) is 8.29. The predicted molar refractivity (Wildman–Crippen MR) is 128 cm³/mol. The molecule has 1 aliphatic heterocycles. The van der Waals surface area contributed by atoms with Crippen molar-refractivity contribution in [3.8, 4) is 28.2 Å². The summed E-state index contributed by atoms with van der Waals surface area (Å²) in [5, 5.41) is 13.6. The summed E-state index contributed by atoms with van der Waals surface area (Å²) in [5.74, 6) is 0. The van der Waals surface area contributed by atoms with Crippen molar-refractivity contribution in [2.75, 3.05) is 5.32 Å². The number of aromatic nitrogens is 4. The van der Waals surface area contributed by atoms with Gasteiger partial charge >= 0.3 is 0 Å². The zero-order valence-electron chi connectivity index (χ0n) is 18.0.